The van der Waals surface area contributed by atoms with Gasteiger partial charge in [0.15, 0.2) is 11.5 Å². The molecule has 0 aliphatic carbocycles. The highest BCUT2D eigenvalue weighted by Gasteiger charge is 2.12. The van der Waals surface area contributed by atoms with Crippen LogP contribution in [0.15, 0.2) is 48.5 Å². The van der Waals surface area contributed by atoms with Crippen molar-refractivity contribution in [2.24, 2.45) is 0 Å². The highest BCUT2D eigenvalue weighted by molar-refractivity contribution is 5.91. The number of carbonyl (C=O) groups excluding carboxylic acids is 2. The van der Waals surface area contributed by atoms with E-state index in [9.17, 15) is 9.59 Å². The van der Waals surface area contributed by atoms with Crippen LogP contribution in [0.1, 0.15) is 22.8 Å². The van der Waals surface area contributed by atoms with E-state index in [1.54, 1.807) is 48.5 Å². The van der Waals surface area contributed by atoms with E-state index in [-0.39, 0.29) is 12.5 Å². The Morgan fingerprint density at radius 2 is 1.75 bits per heavy atom. The molecule has 0 aliphatic rings. The molecular weight excluding hydrogens is 306 g/mol. The van der Waals surface area contributed by atoms with Gasteiger partial charge in [0, 0.05) is 13.5 Å². The zero-order chi connectivity index (χ0) is 17.4. The lowest BCUT2D eigenvalue weighted by atomic mass is 10.1. The molecule has 1 amide bonds. The molecule has 0 saturated carbocycles. The van der Waals surface area contributed by atoms with Gasteiger partial charge >= 0.3 is 5.97 Å². The number of carbonyl (C=O) groups is 2. The maximum absolute atomic E-state index is 12.2. The summed E-state index contributed by atoms with van der Waals surface area (Å²) in [7, 11) is 0. The number of terminal acetylenes is 1. The summed E-state index contributed by atoms with van der Waals surface area (Å²) in [6, 6.07) is 13.6. The molecule has 2 rings (SSSR count). The summed E-state index contributed by atoms with van der Waals surface area (Å²) in [5.74, 6) is 2.46. The largest absolute Gasteiger partial charge is 0.477 e. The zero-order valence-electron chi connectivity index (χ0n) is 13.2. The highest BCUT2D eigenvalue weighted by Crippen LogP contribution is 2.27. The van der Waals surface area contributed by atoms with Crippen LogP contribution in [-0.2, 0) is 11.3 Å². The maximum atomic E-state index is 12.2. The minimum absolute atomic E-state index is 0.0897. The van der Waals surface area contributed by atoms with Gasteiger partial charge in [0.1, 0.15) is 6.61 Å². The first-order chi connectivity index (χ1) is 11.6. The Balaban J connectivity index is 2.05. The van der Waals surface area contributed by atoms with E-state index in [2.05, 4.69) is 11.2 Å². The van der Waals surface area contributed by atoms with Crippen LogP contribution in [0.3, 0.4) is 0 Å². The van der Waals surface area contributed by atoms with Gasteiger partial charge in [-0.1, -0.05) is 30.2 Å². The van der Waals surface area contributed by atoms with E-state index >= 15 is 0 Å². The molecule has 24 heavy (non-hydrogen) atoms. The third-order valence-electron chi connectivity index (χ3n) is 3.09. The fourth-order valence-corrected chi connectivity index (χ4v) is 1.92. The molecule has 5 nitrogen and oxygen atoms in total. The van der Waals surface area contributed by atoms with Crippen molar-refractivity contribution >= 4 is 11.9 Å². The number of hydrogen-bond donors (Lipinski definition) is 1. The van der Waals surface area contributed by atoms with Crippen LogP contribution in [0.5, 0.6) is 11.5 Å². The van der Waals surface area contributed by atoms with Crippen molar-refractivity contribution in [1.82, 2.24) is 5.32 Å². The minimum atomic E-state index is -0.502. The van der Waals surface area contributed by atoms with Crippen LogP contribution in [0.4, 0.5) is 0 Å². The Hall–Kier alpha value is -3.26. The molecular formula is C19H17NO4. The maximum Gasteiger partial charge on any atom is 0.343 e. The molecule has 2 aromatic rings. The molecule has 0 aromatic heterocycles. The van der Waals surface area contributed by atoms with Gasteiger partial charge in [-0.2, -0.15) is 0 Å². The predicted molar refractivity (Wildman–Crippen MR) is 89.7 cm³/mol. The second kappa shape index (κ2) is 8.39. The zero-order valence-corrected chi connectivity index (χ0v) is 13.2. The molecule has 0 aliphatic heterocycles. The number of esters is 1. The summed E-state index contributed by atoms with van der Waals surface area (Å²) in [6.07, 6.45) is 5.17. The Bertz CT molecular complexity index is 760. The summed E-state index contributed by atoms with van der Waals surface area (Å²) < 4.78 is 10.7. The first kappa shape index (κ1) is 17.1. The third kappa shape index (κ3) is 4.89. The molecule has 0 saturated heterocycles. The average Bonchev–Trinajstić information content (AvgIpc) is 2.59. The number of rotatable bonds is 6. The van der Waals surface area contributed by atoms with E-state index in [0.717, 1.165) is 5.56 Å². The lowest BCUT2D eigenvalue weighted by molar-refractivity contribution is -0.119. The van der Waals surface area contributed by atoms with Gasteiger partial charge in [0.05, 0.1) is 5.56 Å². The minimum Gasteiger partial charge on any atom is -0.477 e. The second-order valence-corrected chi connectivity index (χ2v) is 4.94. The van der Waals surface area contributed by atoms with Gasteiger partial charge in [-0.15, -0.1) is 6.42 Å². The van der Waals surface area contributed by atoms with Crippen molar-refractivity contribution in [2.45, 2.75) is 13.5 Å². The molecule has 2 aromatic carbocycles. The molecule has 122 valence electrons. The van der Waals surface area contributed by atoms with Crippen molar-refractivity contribution < 1.29 is 19.1 Å². The number of nitrogens with one attached hydrogen (secondary N) is 1. The van der Waals surface area contributed by atoms with Crippen molar-refractivity contribution in [3.63, 3.8) is 0 Å². The van der Waals surface area contributed by atoms with Crippen LogP contribution in [-0.4, -0.2) is 18.5 Å². The SMILES string of the molecule is C#CCOc1ccccc1OC(=O)c1ccc(CNC(C)=O)cc1. The predicted octanol–water partition coefficient (Wildman–Crippen LogP) is 2.55. The first-order valence-corrected chi connectivity index (χ1v) is 7.31. The van der Waals surface area contributed by atoms with E-state index < -0.39 is 5.97 Å². The quantitative estimate of drug-likeness (QED) is 0.504. The van der Waals surface area contributed by atoms with Crippen LogP contribution >= 0.6 is 0 Å². The van der Waals surface area contributed by atoms with E-state index in [4.69, 9.17) is 15.9 Å². The highest BCUT2D eigenvalue weighted by atomic mass is 16.6. The van der Waals surface area contributed by atoms with Crippen molar-refractivity contribution in [2.75, 3.05) is 6.61 Å². The topological polar surface area (TPSA) is 64.6 Å². The Morgan fingerprint density at radius 1 is 1.08 bits per heavy atom. The van der Waals surface area contributed by atoms with Gasteiger partial charge in [0.2, 0.25) is 5.91 Å². The second-order valence-electron chi connectivity index (χ2n) is 4.94. The van der Waals surface area contributed by atoms with Crippen molar-refractivity contribution in [3.05, 3.63) is 59.7 Å². The first-order valence-electron chi connectivity index (χ1n) is 7.31. The third-order valence-corrected chi connectivity index (χ3v) is 3.09. The number of benzene rings is 2. The van der Waals surface area contributed by atoms with E-state index in [1.165, 1.54) is 6.92 Å². The fraction of sp³-hybridized carbons (Fsp3) is 0.158. The van der Waals surface area contributed by atoms with Crippen LogP contribution in [0.2, 0.25) is 0 Å². The number of para-hydroxylation sites is 2. The number of ether oxygens (including phenoxy) is 2. The molecule has 1 N–H and O–H groups in total. The Morgan fingerprint density at radius 3 is 2.38 bits per heavy atom. The monoisotopic (exact) mass is 323 g/mol. The van der Waals surface area contributed by atoms with Crippen molar-refractivity contribution in [1.29, 1.82) is 0 Å². The fourth-order valence-electron chi connectivity index (χ4n) is 1.92. The molecule has 0 radical (unpaired) electrons. The number of amides is 1. The van der Waals surface area contributed by atoms with Crippen LogP contribution < -0.4 is 14.8 Å². The number of hydrogen-bond acceptors (Lipinski definition) is 4. The molecule has 0 unspecified atom stereocenters. The average molecular weight is 323 g/mol. The summed E-state index contributed by atoms with van der Waals surface area (Å²) in [5.41, 5.74) is 1.29. The normalized spacial score (nSPS) is 9.67. The molecule has 0 bridgehead atoms. The van der Waals surface area contributed by atoms with Gasteiger partial charge in [-0.25, -0.2) is 4.79 Å². The molecule has 5 heteroatoms. The van der Waals surface area contributed by atoms with Gasteiger partial charge in [-0.05, 0) is 29.8 Å². The smallest absolute Gasteiger partial charge is 0.343 e. The summed E-state index contributed by atoms with van der Waals surface area (Å²) >= 11 is 0. The van der Waals surface area contributed by atoms with E-state index in [0.29, 0.717) is 23.6 Å². The molecule has 0 heterocycles. The van der Waals surface area contributed by atoms with Crippen LogP contribution in [0.25, 0.3) is 0 Å². The Kier molecular flexibility index (Phi) is 5.98. The van der Waals surface area contributed by atoms with Gasteiger partial charge in [-0.3, -0.25) is 4.79 Å². The molecule has 0 atom stereocenters. The van der Waals surface area contributed by atoms with Crippen LogP contribution in [0, 0.1) is 12.3 Å². The van der Waals surface area contributed by atoms with Crippen molar-refractivity contribution in [3.8, 4) is 23.8 Å². The lowest BCUT2D eigenvalue weighted by Gasteiger charge is -2.10. The summed E-state index contributed by atoms with van der Waals surface area (Å²) in [6.45, 7) is 1.95. The molecule has 0 fully saturated rings. The molecule has 0 spiro atoms. The lowest BCUT2D eigenvalue weighted by Crippen LogP contribution is -2.19. The summed E-state index contributed by atoms with van der Waals surface area (Å²) in [4.78, 5) is 23.1. The Labute approximate surface area is 140 Å². The van der Waals surface area contributed by atoms with Gasteiger partial charge in [0.25, 0.3) is 0 Å². The summed E-state index contributed by atoms with van der Waals surface area (Å²) in [5, 5.41) is 2.69. The van der Waals surface area contributed by atoms with Gasteiger partial charge < -0.3 is 14.8 Å². The standard InChI is InChI=1S/C19H17NO4/c1-3-12-23-17-6-4-5-7-18(17)24-19(22)16-10-8-15(9-11-16)13-20-14(2)21/h1,4-11H,12-13H2,2H3,(H,20,21). The van der Waals surface area contributed by atoms with E-state index in [1.807, 2.05) is 0 Å².